The number of nitrogens with zero attached hydrogens (tertiary/aromatic N) is 4. The third-order valence-electron chi connectivity index (χ3n) is 6.80. The van der Waals surface area contributed by atoms with Gasteiger partial charge in [0.2, 0.25) is 0 Å². The van der Waals surface area contributed by atoms with Gasteiger partial charge in [-0.15, -0.1) is 0 Å². The molecular formula is C27H34FN5O2. The van der Waals surface area contributed by atoms with Crippen LogP contribution in [-0.2, 0) is 13.6 Å². The lowest BCUT2D eigenvalue weighted by atomic mass is 9.93. The van der Waals surface area contributed by atoms with Crippen molar-refractivity contribution >= 4 is 11.5 Å². The van der Waals surface area contributed by atoms with E-state index in [1.807, 2.05) is 56.0 Å². The Hall–Kier alpha value is -3.39. The maximum atomic E-state index is 14.4. The Morgan fingerprint density at radius 1 is 0.971 bits per heavy atom. The molecule has 4 rings (SSSR count). The van der Waals surface area contributed by atoms with Crippen molar-refractivity contribution in [2.24, 2.45) is 13.0 Å². The molecule has 1 saturated heterocycles. The SMILES string of the molecule is Cc1ccccc1[C@@H](c1c(N)n(CC(C)C)c(=O)n(C)c1=O)N1CCN(c2ccccc2F)CC1. The minimum Gasteiger partial charge on any atom is -0.385 e. The highest BCUT2D eigenvalue weighted by Crippen LogP contribution is 2.33. The number of piperazine rings is 1. The molecule has 1 aliphatic heterocycles. The first-order valence-corrected chi connectivity index (χ1v) is 12.1. The predicted octanol–water partition coefficient (Wildman–Crippen LogP) is 3.14. The first-order valence-electron chi connectivity index (χ1n) is 12.1. The Labute approximate surface area is 205 Å². The first kappa shape index (κ1) is 24.7. The second-order valence-corrected chi connectivity index (χ2v) is 9.68. The lowest BCUT2D eigenvalue weighted by Crippen LogP contribution is -2.51. The Balaban J connectivity index is 1.80. The number of aromatic nitrogens is 2. The summed E-state index contributed by atoms with van der Waals surface area (Å²) in [6.45, 7) is 8.90. The van der Waals surface area contributed by atoms with Crippen LogP contribution in [0.3, 0.4) is 0 Å². The Bertz CT molecular complexity index is 1320. The van der Waals surface area contributed by atoms with Crippen molar-refractivity contribution in [3.8, 4) is 0 Å². The number of anilines is 2. The number of nitrogen functional groups attached to an aromatic ring is 1. The van der Waals surface area contributed by atoms with Gasteiger partial charge in [0.25, 0.3) is 5.56 Å². The second kappa shape index (κ2) is 10.1. The van der Waals surface area contributed by atoms with E-state index in [4.69, 9.17) is 5.73 Å². The van der Waals surface area contributed by atoms with Gasteiger partial charge in [-0.1, -0.05) is 50.2 Å². The molecule has 0 saturated carbocycles. The van der Waals surface area contributed by atoms with Crippen LogP contribution in [-0.4, -0.2) is 40.2 Å². The monoisotopic (exact) mass is 479 g/mol. The van der Waals surface area contributed by atoms with Crippen LogP contribution in [0.4, 0.5) is 15.9 Å². The van der Waals surface area contributed by atoms with Gasteiger partial charge in [-0.3, -0.25) is 18.8 Å². The lowest BCUT2D eigenvalue weighted by Gasteiger charge is -2.41. The molecule has 1 aromatic heterocycles. The van der Waals surface area contributed by atoms with E-state index in [-0.39, 0.29) is 23.1 Å². The fraction of sp³-hybridized carbons (Fsp3) is 0.407. The van der Waals surface area contributed by atoms with Crippen LogP contribution in [0, 0.1) is 18.7 Å². The van der Waals surface area contributed by atoms with Crippen LogP contribution in [0.15, 0.2) is 58.1 Å². The molecule has 0 spiro atoms. The quantitative estimate of drug-likeness (QED) is 0.588. The number of hydrogen-bond acceptors (Lipinski definition) is 5. The number of aryl methyl sites for hydroxylation is 1. The number of hydrogen-bond donors (Lipinski definition) is 1. The highest BCUT2D eigenvalue weighted by atomic mass is 19.1. The summed E-state index contributed by atoms with van der Waals surface area (Å²) < 4.78 is 17.1. The molecule has 0 radical (unpaired) electrons. The van der Waals surface area contributed by atoms with E-state index >= 15 is 0 Å². The minimum atomic E-state index is -0.420. The largest absolute Gasteiger partial charge is 0.385 e. The average molecular weight is 480 g/mol. The normalized spacial score (nSPS) is 15.5. The van der Waals surface area contributed by atoms with E-state index in [2.05, 4.69) is 4.90 Å². The summed E-state index contributed by atoms with van der Waals surface area (Å²) in [6, 6.07) is 14.3. The number of halogens is 1. The highest BCUT2D eigenvalue weighted by molar-refractivity contribution is 5.50. The van der Waals surface area contributed by atoms with Crippen LogP contribution < -0.4 is 21.9 Å². The molecule has 2 aromatic carbocycles. The Morgan fingerprint density at radius 3 is 2.23 bits per heavy atom. The standard InChI is InChI=1S/C27H34FN5O2/c1-18(2)17-33-25(29)23(26(34)30(4)27(33)35)24(20-10-6-5-9-19(20)3)32-15-13-31(14-16-32)22-12-8-7-11-21(22)28/h5-12,18,24H,13-17,29H2,1-4H3/t24-/m0/s1. The van der Waals surface area contributed by atoms with Crippen LogP contribution >= 0.6 is 0 Å². The summed E-state index contributed by atoms with van der Waals surface area (Å²) in [7, 11) is 1.51. The van der Waals surface area contributed by atoms with Gasteiger partial charge in [0.15, 0.2) is 0 Å². The molecule has 186 valence electrons. The number of para-hydroxylation sites is 1. The van der Waals surface area contributed by atoms with E-state index < -0.39 is 11.7 Å². The zero-order valence-electron chi connectivity index (χ0n) is 20.9. The molecule has 1 fully saturated rings. The van der Waals surface area contributed by atoms with Gasteiger partial charge in [-0.25, -0.2) is 9.18 Å². The van der Waals surface area contributed by atoms with E-state index in [9.17, 15) is 14.0 Å². The zero-order chi connectivity index (χ0) is 25.3. The van der Waals surface area contributed by atoms with Gasteiger partial charge in [-0.2, -0.15) is 0 Å². The smallest absolute Gasteiger partial charge is 0.332 e. The zero-order valence-corrected chi connectivity index (χ0v) is 20.9. The van der Waals surface area contributed by atoms with Crippen molar-refractivity contribution in [3.05, 3.63) is 91.9 Å². The molecule has 8 heteroatoms. The summed E-state index contributed by atoms with van der Waals surface area (Å²) in [4.78, 5) is 30.7. The fourth-order valence-electron chi connectivity index (χ4n) is 4.96. The van der Waals surface area contributed by atoms with Crippen LogP contribution in [0.5, 0.6) is 0 Å². The Kier molecular flexibility index (Phi) is 7.12. The molecule has 35 heavy (non-hydrogen) atoms. The van der Waals surface area contributed by atoms with Gasteiger partial charge < -0.3 is 10.6 Å². The molecule has 7 nitrogen and oxygen atoms in total. The van der Waals surface area contributed by atoms with Crippen LogP contribution in [0.1, 0.15) is 36.6 Å². The highest BCUT2D eigenvalue weighted by Gasteiger charge is 2.33. The number of nitrogens with two attached hydrogens (primary N) is 1. The molecule has 2 N–H and O–H groups in total. The Morgan fingerprint density at radius 2 is 1.60 bits per heavy atom. The van der Waals surface area contributed by atoms with Crippen molar-refractivity contribution in [3.63, 3.8) is 0 Å². The van der Waals surface area contributed by atoms with Crippen molar-refractivity contribution in [2.75, 3.05) is 36.8 Å². The molecule has 2 heterocycles. The van der Waals surface area contributed by atoms with Crippen LogP contribution in [0.25, 0.3) is 0 Å². The van der Waals surface area contributed by atoms with E-state index in [0.717, 1.165) is 15.7 Å². The van der Waals surface area contributed by atoms with Crippen molar-refractivity contribution in [1.29, 1.82) is 0 Å². The molecular weight excluding hydrogens is 445 g/mol. The summed E-state index contributed by atoms with van der Waals surface area (Å²) in [5, 5.41) is 0. The topological polar surface area (TPSA) is 76.5 Å². The minimum absolute atomic E-state index is 0.182. The molecule has 3 aromatic rings. The van der Waals surface area contributed by atoms with E-state index in [0.29, 0.717) is 44.0 Å². The first-order chi connectivity index (χ1) is 16.7. The number of benzene rings is 2. The maximum absolute atomic E-state index is 14.4. The van der Waals surface area contributed by atoms with Crippen molar-refractivity contribution in [1.82, 2.24) is 14.0 Å². The molecule has 0 bridgehead atoms. The van der Waals surface area contributed by atoms with Crippen molar-refractivity contribution in [2.45, 2.75) is 33.4 Å². The average Bonchev–Trinajstić information content (AvgIpc) is 2.84. The van der Waals surface area contributed by atoms with Gasteiger partial charge >= 0.3 is 5.69 Å². The second-order valence-electron chi connectivity index (χ2n) is 9.68. The third-order valence-corrected chi connectivity index (χ3v) is 6.80. The van der Waals surface area contributed by atoms with Crippen LogP contribution in [0.2, 0.25) is 0 Å². The van der Waals surface area contributed by atoms with E-state index in [1.165, 1.54) is 17.7 Å². The molecule has 0 unspecified atom stereocenters. The summed E-state index contributed by atoms with van der Waals surface area (Å²) >= 11 is 0. The van der Waals surface area contributed by atoms with E-state index in [1.54, 1.807) is 12.1 Å². The molecule has 0 aliphatic carbocycles. The predicted molar refractivity (Wildman–Crippen MR) is 138 cm³/mol. The number of rotatable bonds is 6. The molecule has 0 amide bonds. The van der Waals surface area contributed by atoms with Gasteiger partial charge in [0.05, 0.1) is 17.3 Å². The van der Waals surface area contributed by atoms with Crippen molar-refractivity contribution < 1.29 is 4.39 Å². The van der Waals surface area contributed by atoms with Gasteiger partial charge in [0.1, 0.15) is 11.6 Å². The summed E-state index contributed by atoms with van der Waals surface area (Å²) in [5.74, 6) is 0.161. The van der Waals surface area contributed by atoms with Gasteiger partial charge in [0, 0.05) is 39.8 Å². The fourth-order valence-corrected chi connectivity index (χ4v) is 4.96. The maximum Gasteiger partial charge on any atom is 0.332 e. The molecule has 1 aliphatic rings. The molecule has 1 atom stereocenters. The summed E-state index contributed by atoms with van der Waals surface area (Å²) in [6.07, 6.45) is 0. The van der Waals surface area contributed by atoms with Gasteiger partial charge in [-0.05, 0) is 36.1 Å². The lowest BCUT2D eigenvalue weighted by molar-refractivity contribution is 0.209. The summed E-state index contributed by atoms with van der Waals surface area (Å²) in [5.41, 5.74) is 8.83. The third kappa shape index (κ3) is 4.75.